The second-order valence-corrected chi connectivity index (χ2v) is 3.92. The lowest BCUT2D eigenvalue weighted by Crippen LogP contribution is -2.28. The van der Waals surface area contributed by atoms with Crippen LogP contribution in [-0.4, -0.2) is 4.92 Å². The Labute approximate surface area is 90.8 Å². The predicted octanol–water partition coefficient (Wildman–Crippen LogP) is 2.73. The summed E-state index contributed by atoms with van der Waals surface area (Å²) in [6.45, 7) is 3.95. The van der Waals surface area contributed by atoms with E-state index in [4.69, 9.17) is 0 Å². The van der Waals surface area contributed by atoms with Gasteiger partial charge in [0, 0.05) is 33.8 Å². The van der Waals surface area contributed by atoms with E-state index in [9.17, 15) is 10.1 Å². The van der Waals surface area contributed by atoms with Gasteiger partial charge in [0.2, 0.25) is 0 Å². The molecular formula is C9H11BrN2O2. The molecule has 0 aromatic heterocycles. The Bertz CT molecular complexity index is 335. The summed E-state index contributed by atoms with van der Waals surface area (Å²) in [7, 11) is 0. The number of hydrogen-bond donors (Lipinski definition) is 1. The summed E-state index contributed by atoms with van der Waals surface area (Å²) in [6, 6.07) is 6.49. The molecule has 1 aromatic carbocycles. The summed E-state index contributed by atoms with van der Waals surface area (Å²) in [5.74, 6) is 0. The van der Waals surface area contributed by atoms with Gasteiger partial charge < -0.3 is 0 Å². The zero-order chi connectivity index (χ0) is 10.8. The largest absolute Gasteiger partial charge is 0.269 e. The van der Waals surface area contributed by atoms with Crippen molar-refractivity contribution in [3.63, 3.8) is 0 Å². The normalized spacial score (nSPS) is 11.4. The van der Waals surface area contributed by atoms with Crippen LogP contribution >= 0.6 is 16.1 Å². The molecule has 5 heteroatoms. The highest BCUT2D eigenvalue weighted by molar-refractivity contribution is 9.08. The van der Waals surface area contributed by atoms with Gasteiger partial charge in [-0.05, 0) is 19.4 Å². The van der Waals surface area contributed by atoms with Crippen LogP contribution in [0.5, 0.6) is 0 Å². The first kappa shape index (κ1) is 11.1. The van der Waals surface area contributed by atoms with Crippen molar-refractivity contribution in [2.24, 2.45) is 0 Å². The molecule has 0 aliphatic heterocycles. The van der Waals surface area contributed by atoms with Crippen molar-refractivity contribution in [1.29, 1.82) is 0 Å². The van der Waals surface area contributed by atoms with E-state index in [1.165, 1.54) is 12.1 Å². The van der Waals surface area contributed by atoms with Crippen molar-refractivity contribution in [3.8, 4) is 0 Å². The lowest BCUT2D eigenvalue weighted by Gasteiger charge is -2.22. The minimum Gasteiger partial charge on any atom is -0.258 e. The van der Waals surface area contributed by atoms with Crippen molar-refractivity contribution in [2.75, 3.05) is 0 Å². The second kappa shape index (κ2) is 4.06. The molecule has 76 valence electrons. The highest BCUT2D eigenvalue weighted by atomic mass is 79.9. The maximum atomic E-state index is 10.4. The molecule has 0 amide bonds. The molecule has 0 heterocycles. The van der Waals surface area contributed by atoms with E-state index in [1.54, 1.807) is 12.1 Å². The quantitative estimate of drug-likeness (QED) is 0.515. The average Bonchev–Trinajstić information content (AvgIpc) is 2.18. The van der Waals surface area contributed by atoms with Gasteiger partial charge in [-0.2, -0.15) is 0 Å². The molecule has 4 nitrogen and oxygen atoms in total. The first-order valence-corrected chi connectivity index (χ1v) is 4.89. The summed E-state index contributed by atoms with van der Waals surface area (Å²) in [5, 5.41) is 10.4. The molecule has 0 saturated heterocycles. The van der Waals surface area contributed by atoms with Gasteiger partial charge in [0.15, 0.2) is 0 Å². The van der Waals surface area contributed by atoms with Crippen LogP contribution in [-0.2, 0) is 5.54 Å². The Morgan fingerprint density at radius 2 is 1.86 bits per heavy atom. The Morgan fingerprint density at radius 3 is 2.21 bits per heavy atom. The van der Waals surface area contributed by atoms with Crippen molar-refractivity contribution < 1.29 is 4.92 Å². The molecule has 0 spiro atoms. The molecule has 0 saturated carbocycles. The molecular weight excluding hydrogens is 248 g/mol. The monoisotopic (exact) mass is 258 g/mol. The SMILES string of the molecule is CC(C)(NBr)c1ccc([N+](=O)[O-])cc1. The molecule has 1 rings (SSSR count). The van der Waals surface area contributed by atoms with Crippen molar-refractivity contribution in [2.45, 2.75) is 19.4 Å². The summed E-state index contributed by atoms with van der Waals surface area (Å²) < 4.78 is 2.95. The minimum atomic E-state index is -0.404. The molecule has 0 aliphatic carbocycles. The van der Waals surface area contributed by atoms with E-state index in [-0.39, 0.29) is 11.2 Å². The van der Waals surface area contributed by atoms with Crippen LogP contribution in [0.2, 0.25) is 0 Å². The Hall–Kier alpha value is -0.940. The fourth-order valence-corrected chi connectivity index (χ4v) is 1.28. The van der Waals surface area contributed by atoms with Gasteiger partial charge in [0.1, 0.15) is 0 Å². The summed E-state index contributed by atoms with van der Waals surface area (Å²) in [4.78, 5) is 10.0. The Kier molecular flexibility index (Phi) is 3.23. The zero-order valence-corrected chi connectivity index (χ0v) is 9.54. The fourth-order valence-electron chi connectivity index (χ4n) is 1.05. The van der Waals surface area contributed by atoms with Crippen LogP contribution in [0.25, 0.3) is 0 Å². The van der Waals surface area contributed by atoms with E-state index in [0.717, 1.165) is 5.56 Å². The second-order valence-electron chi connectivity index (χ2n) is 3.52. The van der Waals surface area contributed by atoms with E-state index < -0.39 is 4.92 Å². The van der Waals surface area contributed by atoms with Crippen molar-refractivity contribution in [1.82, 2.24) is 4.34 Å². The number of nitro benzene ring substituents is 1. The summed E-state index contributed by atoms with van der Waals surface area (Å²) in [6.07, 6.45) is 0. The fraction of sp³-hybridized carbons (Fsp3) is 0.333. The van der Waals surface area contributed by atoms with E-state index in [1.807, 2.05) is 13.8 Å². The van der Waals surface area contributed by atoms with Crippen LogP contribution in [0.3, 0.4) is 0 Å². The van der Waals surface area contributed by atoms with Gasteiger partial charge in [-0.3, -0.25) is 10.1 Å². The van der Waals surface area contributed by atoms with E-state index >= 15 is 0 Å². The Balaban J connectivity index is 2.99. The molecule has 14 heavy (non-hydrogen) atoms. The predicted molar refractivity (Wildman–Crippen MR) is 58.2 cm³/mol. The first-order valence-electron chi connectivity index (χ1n) is 4.10. The number of benzene rings is 1. The van der Waals surface area contributed by atoms with Crippen LogP contribution in [0, 0.1) is 10.1 Å². The molecule has 1 N–H and O–H groups in total. The lowest BCUT2D eigenvalue weighted by molar-refractivity contribution is -0.384. The first-order chi connectivity index (χ1) is 6.47. The lowest BCUT2D eigenvalue weighted by atomic mass is 9.96. The number of halogens is 1. The zero-order valence-electron chi connectivity index (χ0n) is 7.95. The number of rotatable bonds is 3. The average molecular weight is 259 g/mol. The van der Waals surface area contributed by atoms with Crippen molar-refractivity contribution >= 4 is 21.8 Å². The maximum absolute atomic E-state index is 10.4. The molecule has 0 unspecified atom stereocenters. The third kappa shape index (κ3) is 2.30. The molecule has 1 aromatic rings. The smallest absolute Gasteiger partial charge is 0.258 e. The number of nitro groups is 1. The van der Waals surface area contributed by atoms with E-state index in [2.05, 4.69) is 20.5 Å². The van der Waals surface area contributed by atoms with Crippen LogP contribution in [0.1, 0.15) is 19.4 Å². The molecule has 0 atom stereocenters. The molecule has 0 bridgehead atoms. The number of nitrogens with one attached hydrogen (secondary N) is 1. The van der Waals surface area contributed by atoms with Crippen LogP contribution < -0.4 is 4.34 Å². The van der Waals surface area contributed by atoms with Crippen molar-refractivity contribution in [3.05, 3.63) is 39.9 Å². The molecule has 0 radical (unpaired) electrons. The molecule has 0 aliphatic rings. The molecule has 0 fully saturated rings. The van der Waals surface area contributed by atoms with Gasteiger partial charge in [0.25, 0.3) is 5.69 Å². The van der Waals surface area contributed by atoms with Gasteiger partial charge in [0.05, 0.1) is 4.92 Å². The van der Waals surface area contributed by atoms with Crippen LogP contribution in [0.15, 0.2) is 24.3 Å². The third-order valence-electron chi connectivity index (χ3n) is 2.04. The summed E-state index contributed by atoms with van der Waals surface area (Å²) in [5.41, 5.74) is 0.855. The third-order valence-corrected chi connectivity index (χ3v) is 3.03. The van der Waals surface area contributed by atoms with E-state index in [0.29, 0.717) is 0 Å². The van der Waals surface area contributed by atoms with Gasteiger partial charge in [-0.1, -0.05) is 12.1 Å². The topological polar surface area (TPSA) is 55.2 Å². The standard InChI is InChI=1S/C9H11BrN2O2/c1-9(2,11-10)7-3-5-8(6-4-7)12(13)14/h3-6,11H,1-2H3. The maximum Gasteiger partial charge on any atom is 0.269 e. The number of nitrogens with zero attached hydrogens (tertiary/aromatic N) is 1. The minimum absolute atomic E-state index is 0.110. The highest BCUT2D eigenvalue weighted by Crippen LogP contribution is 2.23. The van der Waals surface area contributed by atoms with Gasteiger partial charge >= 0.3 is 0 Å². The number of non-ortho nitro benzene ring substituents is 1. The Morgan fingerprint density at radius 1 is 1.36 bits per heavy atom. The number of hydrogen-bond acceptors (Lipinski definition) is 3. The highest BCUT2D eigenvalue weighted by Gasteiger charge is 2.19. The summed E-state index contributed by atoms with van der Waals surface area (Å²) >= 11 is 3.17. The van der Waals surface area contributed by atoms with Gasteiger partial charge in [-0.15, -0.1) is 0 Å². The van der Waals surface area contributed by atoms with Crippen LogP contribution in [0.4, 0.5) is 5.69 Å². The van der Waals surface area contributed by atoms with Gasteiger partial charge in [-0.25, -0.2) is 4.34 Å².